The zero-order valence-corrected chi connectivity index (χ0v) is 24.5. The van der Waals surface area contributed by atoms with E-state index in [4.69, 9.17) is 15.1 Å². The van der Waals surface area contributed by atoms with Crippen LogP contribution in [-0.4, -0.2) is 44.9 Å². The second-order valence-electron chi connectivity index (χ2n) is 13.4. The van der Waals surface area contributed by atoms with Crippen molar-refractivity contribution in [2.45, 2.75) is 83.5 Å². The topological polar surface area (TPSA) is 120 Å². The van der Waals surface area contributed by atoms with Gasteiger partial charge in [-0.25, -0.2) is 4.39 Å². The number of allylic oxidation sites excluding steroid dienone is 2. The first kappa shape index (κ1) is 28.7. The number of carbonyl (C=O) groups excluding carboxylic acids is 2. The molecule has 1 unspecified atom stereocenters. The third kappa shape index (κ3) is 4.37. The fourth-order valence-electron chi connectivity index (χ4n) is 9.11. The maximum absolute atomic E-state index is 13.9. The van der Waals surface area contributed by atoms with E-state index >= 15 is 0 Å². The first-order chi connectivity index (χ1) is 19.5. The van der Waals surface area contributed by atoms with Crippen molar-refractivity contribution in [2.75, 3.05) is 0 Å². The third-order valence-corrected chi connectivity index (χ3v) is 11.7. The van der Waals surface area contributed by atoms with Crippen LogP contribution < -0.4 is 0 Å². The van der Waals surface area contributed by atoms with Gasteiger partial charge in [-0.3, -0.25) is 14.6 Å². The maximum Gasteiger partial charge on any atom is 0.309 e. The lowest BCUT2D eigenvalue weighted by Gasteiger charge is -2.61. The van der Waals surface area contributed by atoms with Gasteiger partial charge < -0.3 is 20.4 Å². The van der Waals surface area contributed by atoms with Gasteiger partial charge in [0.1, 0.15) is 5.82 Å². The highest BCUT2D eigenvalue weighted by atomic mass is 32.1. The summed E-state index contributed by atoms with van der Waals surface area (Å²) in [5.41, 5.74) is 0.223. The van der Waals surface area contributed by atoms with Crippen LogP contribution in [0.25, 0.3) is 0 Å². The Morgan fingerprint density at radius 2 is 1.98 bits per heavy atom. The number of aliphatic hydroxyl groups is 2. The van der Waals surface area contributed by atoms with Gasteiger partial charge in [-0.2, -0.15) is 0 Å². The van der Waals surface area contributed by atoms with E-state index in [-0.39, 0.29) is 46.5 Å². The van der Waals surface area contributed by atoms with Gasteiger partial charge in [0.25, 0.3) is 0 Å². The van der Waals surface area contributed by atoms with Crippen molar-refractivity contribution in [3.05, 3.63) is 41.2 Å². The lowest BCUT2D eigenvalue weighted by Crippen LogP contribution is -2.62. The van der Waals surface area contributed by atoms with Gasteiger partial charge in [0, 0.05) is 28.8 Å². The molecule has 220 valence electrons. The monoisotopic (exact) mass is 582 g/mol. The molecular formula is C32H39FN2O5S. The molecule has 0 radical (unpaired) electrons. The number of benzene rings is 1. The molecule has 0 saturated heterocycles. The predicted molar refractivity (Wildman–Crippen MR) is 156 cm³/mol. The average molecular weight is 583 g/mol. The standard InChI is InChI=1S/C32H39FN2O5S/c1-30-13-19(15-34)25(35-21-6-8-24(33)18(11-21)16-36)12-20(30)5-7-22-23-9-10-32(29(39)41,40-28(38)17-3-4-17)31(23,2)14-26(37)27(22)30/h6,8,11-12,15,17,19,22-23,26-27,34,36-37H,3-5,7,9-10,13-14,16H2,1-2H3,(H,39,41)/t19?,22-,23-,26-,27+,30-,31-,32-/m0/s1. The van der Waals surface area contributed by atoms with Crippen molar-refractivity contribution in [3.8, 4) is 0 Å². The molecule has 7 nitrogen and oxygen atoms in total. The summed E-state index contributed by atoms with van der Waals surface area (Å²) in [6, 6.07) is 4.40. The number of carbonyl (C=O) groups is 2. The molecule has 0 aromatic heterocycles. The summed E-state index contributed by atoms with van der Waals surface area (Å²) in [5.74, 6) is -1.05. The molecule has 5 aliphatic carbocycles. The zero-order chi connectivity index (χ0) is 29.3. The summed E-state index contributed by atoms with van der Waals surface area (Å²) in [6.07, 6.45) is 8.10. The van der Waals surface area contributed by atoms with E-state index in [0.717, 1.165) is 37.8 Å². The number of hydrogen-bond donors (Lipinski definition) is 4. The highest BCUT2D eigenvalue weighted by Gasteiger charge is 2.70. The van der Waals surface area contributed by atoms with Crippen LogP contribution in [-0.2, 0) is 20.9 Å². The number of fused-ring (bicyclic) bond motifs is 5. The molecule has 5 aliphatic rings. The number of esters is 1. The minimum Gasteiger partial charge on any atom is -0.449 e. The van der Waals surface area contributed by atoms with Gasteiger partial charge in [-0.1, -0.05) is 19.4 Å². The number of aliphatic hydroxyl groups excluding tert-OH is 2. The summed E-state index contributed by atoms with van der Waals surface area (Å²) < 4.78 is 20.0. The molecule has 0 spiro atoms. The Bertz CT molecular complexity index is 1360. The maximum atomic E-state index is 13.9. The Hall–Kier alpha value is -2.36. The van der Waals surface area contributed by atoms with E-state index in [1.807, 2.05) is 6.92 Å². The quantitative estimate of drug-likeness (QED) is 0.205. The van der Waals surface area contributed by atoms with Crippen LogP contribution in [0.15, 0.2) is 34.8 Å². The molecule has 4 fully saturated rings. The SMILES string of the molecule is C[C@]12CC(C=N)C(=Nc3ccc(F)c(CO)c3)C=C1CC[C@@H]1[C@@H]2[C@@H](O)C[C@@]2(C)[C@H]1CC[C@]2(OC(=O)C1CC1)C(=O)S. The molecule has 0 aliphatic heterocycles. The first-order valence-electron chi connectivity index (χ1n) is 14.8. The highest BCUT2D eigenvalue weighted by Crippen LogP contribution is 2.69. The van der Waals surface area contributed by atoms with E-state index < -0.39 is 34.7 Å². The summed E-state index contributed by atoms with van der Waals surface area (Å²) in [7, 11) is 0. The Balaban J connectivity index is 1.34. The fourth-order valence-corrected chi connectivity index (χ4v) is 9.52. The lowest BCUT2D eigenvalue weighted by atomic mass is 9.45. The molecule has 9 heteroatoms. The second-order valence-corrected chi connectivity index (χ2v) is 13.8. The molecule has 0 bridgehead atoms. The van der Waals surface area contributed by atoms with Crippen molar-refractivity contribution in [3.63, 3.8) is 0 Å². The largest absolute Gasteiger partial charge is 0.449 e. The molecule has 8 atom stereocenters. The second kappa shape index (κ2) is 10.1. The lowest BCUT2D eigenvalue weighted by molar-refractivity contribution is -0.197. The van der Waals surface area contributed by atoms with Crippen LogP contribution in [0.2, 0.25) is 0 Å². The number of halogens is 1. The van der Waals surface area contributed by atoms with E-state index in [1.54, 1.807) is 6.07 Å². The van der Waals surface area contributed by atoms with Crippen LogP contribution in [0.4, 0.5) is 10.1 Å². The van der Waals surface area contributed by atoms with Gasteiger partial charge in [-0.15, -0.1) is 12.6 Å². The van der Waals surface area contributed by atoms with Gasteiger partial charge >= 0.3 is 5.97 Å². The van der Waals surface area contributed by atoms with Crippen LogP contribution in [0.5, 0.6) is 0 Å². The highest BCUT2D eigenvalue weighted by molar-refractivity contribution is 7.96. The van der Waals surface area contributed by atoms with Crippen LogP contribution in [0.1, 0.15) is 70.8 Å². The molecule has 4 saturated carbocycles. The smallest absolute Gasteiger partial charge is 0.309 e. The Kier molecular flexibility index (Phi) is 7.10. The van der Waals surface area contributed by atoms with Crippen LogP contribution in [0, 0.1) is 51.6 Å². The van der Waals surface area contributed by atoms with Crippen molar-refractivity contribution < 1.29 is 28.9 Å². The van der Waals surface area contributed by atoms with Gasteiger partial charge in [0.05, 0.1) is 24.3 Å². The number of aliphatic imine (C=N–C) groups is 1. The average Bonchev–Trinajstić information content (AvgIpc) is 3.74. The van der Waals surface area contributed by atoms with Crippen molar-refractivity contribution >= 4 is 41.3 Å². The Morgan fingerprint density at radius 1 is 1.22 bits per heavy atom. The minimum absolute atomic E-state index is 0.0682. The van der Waals surface area contributed by atoms with Gasteiger partial charge in [0.2, 0.25) is 5.12 Å². The number of hydrogen-bond acceptors (Lipinski definition) is 7. The number of ether oxygens (including phenoxy) is 1. The molecular weight excluding hydrogens is 543 g/mol. The first-order valence-corrected chi connectivity index (χ1v) is 15.3. The van der Waals surface area contributed by atoms with Crippen molar-refractivity contribution in [1.82, 2.24) is 0 Å². The molecule has 3 N–H and O–H groups in total. The third-order valence-electron chi connectivity index (χ3n) is 11.3. The van der Waals surface area contributed by atoms with E-state index in [1.165, 1.54) is 23.9 Å². The van der Waals surface area contributed by atoms with E-state index in [0.29, 0.717) is 24.9 Å². The predicted octanol–water partition coefficient (Wildman–Crippen LogP) is 5.35. The fraction of sp³-hybridized carbons (Fsp3) is 0.625. The summed E-state index contributed by atoms with van der Waals surface area (Å²) in [5, 5.41) is 29.2. The molecule has 0 amide bonds. The Morgan fingerprint density at radius 3 is 2.63 bits per heavy atom. The number of nitrogens with one attached hydrogen (secondary N) is 1. The van der Waals surface area contributed by atoms with Gasteiger partial charge in [-0.05, 0) is 98.8 Å². The zero-order valence-electron chi connectivity index (χ0n) is 23.6. The summed E-state index contributed by atoms with van der Waals surface area (Å²) in [4.78, 5) is 30.7. The van der Waals surface area contributed by atoms with Gasteiger partial charge in [0.15, 0.2) is 5.60 Å². The van der Waals surface area contributed by atoms with Crippen molar-refractivity contribution in [2.24, 2.45) is 45.4 Å². The molecule has 1 aromatic rings. The van der Waals surface area contributed by atoms with E-state index in [9.17, 15) is 24.2 Å². The van der Waals surface area contributed by atoms with E-state index in [2.05, 4.69) is 25.6 Å². The minimum atomic E-state index is -1.32. The normalized spacial score (nSPS) is 40.7. The van der Waals surface area contributed by atoms with Crippen LogP contribution in [0.3, 0.4) is 0 Å². The van der Waals surface area contributed by atoms with Crippen LogP contribution >= 0.6 is 12.6 Å². The molecule has 0 heterocycles. The molecule has 1 aromatic carbocycles. The number of rotatable bonds is 6. The molecule has 6 rings (SSSR count). The summed E-state index contributed by atoms with van der Waals surface area (Å²) >= 11 is 4.27. The Labute approximate surface area is 245 Å². The number of thiol groups is 1. The van der Waals surface area contributed by atoms with Crippen molar-refractivity contribution in [1.29, 1.82) is 5.41 Å². The summed E-state index contributed by atoms with van der Waals surface area (Å²) in [6.45, 7) is 3.79. The molecule has 41 heavy (non-hydrogen) atoms. The number of nitrogens with zero attached hydrogens (tertiary/aromatic N) is 1.